The molecule has 0 radical (unpaired) electrons. The van der Waals surface area contributed by atoms with Crippen LogP contribution in [-0.4, -0.2) is 62.6 Å². The molecule has 0 heterocycles. The van der Waals surface area contributed by atoms with Crippen molar-refractivity contribution in [1.29, 1.82) is 0 Å². The fraction of sp³-hybridized carbons (Fsp3) is 0.800. The molecule has 0 aliphatic carbocycles. The highest BCUT2D eigenvalue weighted by atomic mass is 15.3. The fourth-order valence-electron chi connectivity index (χ4n) is 2.03. The average Bonchev–Trinajstić information content (AvgIpc) is 2.42. The largest absolute Gasteiger partial charge is 0.355 e. The van der Waals surface area contributed by atoms with Crippen molar-refractivity contribution in [3.8, 4) is 0 Å². The van der Waals surface area contributed by atoms with Crippen molar-refractivity contribution in [1.82, 2.24) is 15.1 Å². The first-order chi connectivity index (χ1) is 9.19. The van der Waals surface area contributed by atoms with Gasteiger partial charge in [-0.25, -0.2) is 0 Å². The molecular formula is C15H32N4. The van der Waals surface area contributed by atoms with Gasteiger partial charge in [0.15, 0.2) is 5.96 Å². The van der Waals surface area contributed by atoms with Gasteiger partial charge in [0.25, 0.3) is 0 Å². The molecule has 1 N–H and O–H groups in total. The normalized spacial score (nSPS) is 11.7. The number of hydrogen-bond donors (Lipinski definition) is 1. The van der Waals surface area contributed by atoms with Gasteiger partial charge >= 0.3 is 0 Å². The number of nitrogens with one attached hydrogen (secondary N) is 1. The van der Waals surface area contributed by atoms with Gasteiger partial charge < -0.3 is 15.1 Å². The molecule has 0 aliphatic rings. The Morgan fingerprint density at radius 1 is 1.26 bits per heavy atom. The van der Waals surface area contributed by atoms with Gasteiger partial charge in [-0.05, 0) is 32.4 Å². The Kier molecular flexibility index (Phi) is 11.4. The maximum absolute atomic E-state index is 4.32. The lowest BCUT2D eigenvalue weighted by Gasteiger charge is -2.24. The summed E-state index contributed by atoms with van der Waals surface area (Å²) in [6.07, 6.45) is 5.36. The third-order valence-corrected chi connectivity index (χ3v) is 3.17. The predicted octanol–water partition coefficient (Wildman–Crippen LogP) is 2.19. The van der Waals surface area contributed by atoms with Crippen LogP contribution in [0.3, 0.4) is 0 Å². The lowest BCUT2D eigenvalue weighted by Crippen LogP contribution is -2.43. The lowest BCUT2D eigenvalue weighted by molar-refractivity contribution is 0.291. The topological polar surface area (TPSA) is 30.9 Å². The van der Waals surface area contributed by atoms with Gasteiger partial charge in [-0.1, -0.05) is 19.9 Å². The summed E-state index contributed by atoms with van der Waals surface area (Å²) in [6, 6.07) is 0. The van der Waals surface area contributed by atoms with E-state index >= 15 is 0 Å². The molecular weight excluding hydrogens is 236 g/mol. The second kappa shape index (κ2) is 12.0. The highest BCUT2D eigenvalue weighted by molar-refractivity contribution is 5.79. The summed E-state index contributed by atoms with van der Waals surface area (Å²) in [7, 11) is 3.93. The third kappa shape index (κ3) is 8.65. The van der Waals surface area contributed by atoms with Gasteiger partial charge in [0.1, 0.15) is 0 Å². The van der Waals surface area contributed by atoms with E-state index in [-0.39, 0.29) is 0 Å². The van der Waals surface area contributed by atoms with Crippen LogP contribution in [0.25, 0.3) is 0 Å². The number of likely N-dealkylation sites (N-methyl/N-ethyl adjacent to an activating group) is 1. The van der Waals surface area contributed by atoms with Crippen LogP contribution >= 0.6 is 0 Å². The molecule has 0 atom stereocenters. The Morgan fingerprint density at radius 3 is 2.53 bits per heavy atom. The van der Waals surface area contributed by atoms with Crippen molar-refractivity contribution in [2.75, 3.05) is 46.8 Å². The van der Waals surface area contributed by atoms with E-state index in [4.69, 9.17) is 0 Å². The Bertz CT molecular complexity index is 251. The van der Waals surface area contributed by atoms with Gasteiger partial charge in [0.05, 0.1) is 0 Å². The summed E-state index contributed by atoms with van der Waals surface area (Å²) in [5, 5.41) is 3.43. The zero-order valence-electron chi connectivity index (χ0n) is 13.3. The van der Waals surface area contributed by atoms with Crippen LogP contribution in [0.15, 0.2) is 17.6 Å². The molecule has 0 aromatic rings. The van der Waals surface area contributed by atoms with Crippen molar-refractivity contribution in [2.45, 2.75) is 33.1 Å². The molecule has 0 aliphatic heterocycles. The summed E-state index contributed by atoms with van der Waals surface area (Å²) in [5.41, 5.74) is 0. The van der Waals surface area contributed by atoms with Crippen molar-refractivity contribution in [2.24, 2.45) is 4.99 Å². The number of nitrogens with zero attached hydrogens (tertiary/aromatic N) is 3. The van der Waals surface area contributed by atoms with Gasteiger partial charge in [-0.15, -0.1) is 6.58 Å². The first-order valence-electron chi connectivity index (χ1n) is 7.44. The SMILES string of the molecule is C=CCCCN(C)C(=NC)NCCN(CC)CCC. The standard InChI is InChI=1S/C15H32N4/c1-6-9-10-13-18(5)15(16-4)17-11-14-19(8-3)12-7-2/h6H,1,7-14H2,2-5H3,(H,16,17). The smallest absolute Gasteiger partial charge is 0.193 e. The Hall–Kier alpha value is -1.03. The van der Waals surface area contributed by atoms with Crippen molar-refractivity contribution in [3.05, 3.63) is 12.7 Å². The monoisotopic (exact) mass is 268 g/mol. The van der Waals surface area contributed by atoms with Crippen molar-refractivity contribution >= 4 is 5.96 Å². The zero-order chi connectivity index (χ0) is 14.5. The van der Waals surface area contributed by atoms with E-state index in [0.29, 0.717) is 0 Å². The molecule has 0 fully saturated rings. The summed E-state index contributed by atoms with van der Waals surface area (Å²) in [4.78, 5) is 8.96. The molecule has 0 saturated heterocycles. The maximum Gasteiger partial charge on any atom is 0.193 e. The molecule has 0 rings (SSSR count). The molecule has 0 aromatic carbocycles. The quantitative estimate of drug-likeness (QED) is 0.285. The van der Waals surface area contributed by atoms with Crippen LogP contribution in [0, 0.1) is 0 Å². The molecule has 4 nitrogen and oxygen atoms in total. The second-order valence-corrected chi connectivity index (χ2v) is 4.76. The molecule has 0 amide bonds. The van der Waals surface area contributed by atoms with Crippen LogP contribution in [0.4, 0.5) is 0 Å². The summed E-state index contributed by atoms with van der Waals surface area (Å²) >= 11 is 0. The minimum atomic E-state index is 0.951. The van der Waals surface area contributed by atoms with Gasteiger partial charge in [0.2, 0.25) is 0 Å². The molecule has 0 aromatic heterocycles. The minimum absolute atomic E-state index is 0.951. The third-order valence-electron chi connectivity index (χ3n) is 3.17. The Labute approximate surface area is 119 Å². The highest BCUT2D eigenvalue weighted by Crippen LogP contribution is 1.94. The summed E-state index contributed by atoms with van der Waals surface area (Å²) < 4.78 is 0. The zero-order valence-corrected chi connectivity index (χ0v) is 13.3. The average molecular weight is 268 g/mol. The van der Waals surface area contributed by atoms with Crippen LogP contribution in [0.2, 0.25) is 0 Å². The molecule has 19 heavy (non-hydrogen) atoms. The number of aliphatic imine (C=N–C) groups is 1. The fourth-order valence-corrected chi connectivity index (χ4v) is 2.03. The lowest BCUT2D eigenvalue weighted by atomic mass is 10.3. The van der Waals surface area contributed by atoms with E-state index in [1.165, 1.54) is 13.0 Å². The molecule has 4 heteroatoms. The number of guanidine groups is 1. The molecule has 0 saturated carbocycles. The van der Waals surface area contributed by atoms with Gasteiger partial charge in [0, 0.05) is 33.7 Å². The van der Waals surface area contributed by atoms with E-state index in [2.05, 4.69) is 47.6 Å². The molecule has 112 valence electrons. The van der Waals surface area contributed by atoms with Gasteiger partial charge in [-0.2, -0.15) is 0 Å². The summed E-state index contributed by atoms with van der Waals surface area (Å²) in [6.45, 7) is 13.5. The first-order valence-corrected chi connectivity index (χ1v) is 7.44. The maximum atomic E-state index is 4.32. The molecule has 0 spiro atoms. The number of unbranched alkanes of at least 4 members (excludes halogenated alkanes) is 1. The van der Waals surface area contributed by atoms with Crippen LogP contribution in [0.1, 0.15) is 33.1 Å². The molecule has 0 bridgehead atoms. The van der Waals surface area contributed by atoms with Gasteiger partial charge in [-0.3, -0.25) is 4.99 Å². The van der Waals surface area contributed by atoms with Crippen molar-refractivity contribution in [3.63, 3.8) is 0 Å². The Balaban J connectivity index is 3.95. The van der Waals surface area contributed by atoms with Crippen LogP contribution in [0.5, 0.6) is 0 Å². The molecule has 0 unspecified atom stereocenters. The second-order valence-electron chi connectivity index (χ2n) is 4.76. The number of rotatable bonds is 10. The van der Waals surface area contributed by atoms with E-state index in [0.717, 1.165) is 45.0 Å². The van der Waals surface area contributed by atoms with Crippen LogP contribution < -0.4 is 5.32 Å². The first kappa shape index (κ1) is 18.0. The van der Waals surface area contributed by atoms with Crippen molar-refractivity contribution < 1.29 is 0 Å². The van der Waals surface area contributed by atoms with E-state index < -0.39 is 0 Å². The summed E-state index contributed by atoms with van der Waals surface area (Å²) in [5.74, 6) is 0.983. The number of hydrogen-bond acceptors (Lipinski definition) is 2. The van der Waals surface area contributed by atoms with E-state index in [1.54, 1.807) is 0 Å². The van der Waals surface area contributed by atoms with E-state index in [9.17, 15) is 0 Å². The highest BCUT2D eigenvalue weighted by Gasteiger charge is 2.05. The predicted molar refractivity (Wildman–Crippen MR) is 85.8 cm³/mol. The van der Waals surface area contributed by atoms with E-state index in [1.807, 2.05) is 13.1 Å². The van der Waals surface area contributed by atoms with Crippen LogP contribution in [-0.2, 0) is 0 Å². The Morgan fingerprint density at radius 2 is 2.00 bits per heavy atom. The minimum Gasteiger partial charge on any atom is -0.355 e. The number of allylic oxidation sites excluding steroid dienone is 1.